The average molecular weight is 213 g/mol. The second kappa shape index (κ2) is 3.69. The van der Waals surface area contributed by atoms with Crippen LogP contribution in [0.3, 0.4) is 0 Å². The Labute approximate surface area is 77.2 Å². The Kier molecular flexibility index (Phi) is 3.54. The molecule has 2 nitrogen and oxygen atoms in total. The number of rotatable bonds is 1. The van der Waals surface area contributed by atoms with Gasteiger partial charge in [0.25, 0.3) is 0 Å². The van der Waals surface area contributed by atoms with Crippen molar-refractivity contribution < 1.29 is 18.0 Å². The van der Waals surface area contributed by atoms with Gasteiger partial charge in [-0.3, -0.25) is 4.79 Å². The Morgan fingerprint density at radius 1 is 1.23 bits per heavy atom. The van der Waals surface area contributed by atoms with E-state index in [1.807, 2.05) is 25.8 Å². The topological polar surface area (TPSA) is 29.1 Å². The first-order valence-corrected chi connectivity index (χ1v) is 6.24. The molecule has 0 aromatic carbocycles. The number of carbonyl (C=O) groups excluding carboxylic acids is 1. The van der Waals surface area contributed by atoms with Crippen LogP contribution in [0.25, 0.3) is 0 Å². The smallest absolute Gasteiger partial charge is 0.377 e. The largest absolute Gasteiger partial charge is 0.470 e. The van der Waals surface area contributed by atoms with Crippen LogP contribution in [0, 0.1) is 0 Å². The van der Waals surface area contributed by atoms with E-state index in [1.165, 1.54) is 0 Å². The second-order valence-electron chi connectivity index (χ2n) is 4.06. The summed E-state index contributed by atoms with van der Waals surface area (Å²) in [7, 11) is -1.87. The standard InChI is InChI=1S/C7H14F3NOSi/c1-6(2,3)13(4)11-5(12)7(8,9)10/h13H,1-4H3,(H,11,12). The lowest BCUT2D eigenvalue weighted by Gasteiger charge is -2.26. The third-order valence-electron chi connectivity index (χ3n) is 1.90. The Morgan fingerprint density at radius 3 is 1.85 bits per heavy atom. The van der Waals surface area contributed by atoms with Gasteiger partial charge in [0.1, 0.15) is 8.96 Å². The maximum atomic E-state index is 11.8. The van der Waals surface area contributed by atoms with Crippen LogP contribution >= 0.6 is 0 Å². The summed E-state index contributed by atoms with van der Waals surface area (Å²) in [5.74, 6) is -1.82. The Balaban J connectivity index is 4.24. The summed E-state index contributed by atoms with van der Waals surface area (Å²) in [4.78, 5) is 12.6. The summed E-state index contributed by atoms with van der Waals surface area (Å²) in [5, 5.41) is -0.235. The molecule has 0 radical (unpaired) electrons. The molecule has 1 atom stereocenters. The molecule has 0 rings (SSSR count). The van der Waals surface area contributed by atoms with E-state index in [0.717, 1.165) is 0 Å². The number of halogens is 3. The summed E-state index contributed by atoms with van der Waals surface area (Å²) in [6.07, 6.45) is -4.76. The van der Waals surface area contributed by atoms with Crippen molar-refractivity contribution in [3.05, 3.63) is 0 Å². The molecule has 0 saturated heterocycles. The number of amides is 1. The molecule has 0 saturated carbocycles. The molecule has 78 valence electrons. The van der Waals surface area contributed by atoms with Gasteiger partial charge in [-0.1, -0.05) is 27.3 Å². The fourth-order valence-corrected chi connectivity index (χ4v) is 1.48. The van der Waals surface area contributed by atoms with Crippen molar-refractivity contribution in [1.82, 2.24) is 4.98 Å². The van der Waals surface area contributed by atoms with Crippen LogP contribution < -0.4 is 4.98 Å². The molecule has 0 aliphatic heterocycles. The third kappa shape index (κ3) is 4.30. The summed E-state index contributed by atoms with van der Waals surface area (Å²) in [5.41, 5.74) is 0. The lowest BCUT2D eigenvalue weighted by atomic mass is 10.3. The van der Waals surface area contributed by atoms with Crippen molar-refractivity contribution in [2.75, 3.05) is 0 Å². The fourth-order valence-electron chi connectivity index (χ4n) is 0.495. The maximum absolute atomic E-state index is 11.8. The third-order valence-corrected chi connectivity index (χ3v) is 5.20. The van der Waals surface area contributed by atoms with Crippen molar-refractivity contribution in [3.8, 4) is 0 Å². The van der Waals surface area contributed by atoms with Crippen molar-refractivity contribution in [2.24, 2.45) is 0 Å². The molecule has 0 spiro atoms. The van der Waals surface area contributed by atoms with E-state index < -0.39 is 21.0 Å². The van der Waals surface area contributed by atoms with Gasteiger partial charge in [0.05, 0.1) is 0 Å². The summed E-state index contributed by atoms with van der Waals surface area (Å²) in [6, 6.07) is 0. The van der Waals surface area contributed by atoms with Crippen molar-refractivity contribution >= 4 is 14.9 Å². The zero-order chi connectivity index (χ0) is 10.9. The maximum Gasteiger partial charge on any atom is 0.470 e. The molecule has 1 unspecified atom stereocenters. The number of nitrogens with one attached hydrogen (secondary N) is 1. The van der Waals surface area contributed by atoms with Crippen molar-refractivity contribution in [1.29, 1.82) is 0 Å². The number of alkyl halides is 3. The van der Waals surface area contributed by atoms with Gasteiger partial charge in [-0.05, 0) is 5.04 Å². The molecular weight excluding hydrogens is 199 g/mol. The van der Waals surface area contributed by atoms with Gasteiger partial charge in [0, 0.05) is 0 Å². The van der Waals surface area contributed by atoms with Gasteiger partial charge < -0.3 is 4.98 Å². The van der Waals surface area contributed by atoms with E-state index in [4.69, 9.17) is 0 Å². The number of carbonyl (C=O) groups is 1. The Morgan fingerprint density at radius 2 is 1.62 bits per heavy atom. The molecule has 0 aliphatic rings. The molecule has 6 heteroatoms. The fraction of sp³-hybridized carbons (Fsp3) is 0.857. The first-order chi connectivity index (χ1) is 5.55. The zero-order valence-corrected chi connectivity index (χ0v) is 9.27. The molecule has 0 aromatic rings. The molecule has 0 aromatic heterocycles. The lowest BCUT2D eigenvalue weighted by molar-refractivity contribution is -0.171. The van der Waals surface area contributed by atoms with Crippen LogP contribution in [0.5, 0.6) is 0 Å². The van der Waals surface area contributed by atoms with Gasteiger partial charge in [0.2, 0.25) is 0 Å². The van der Waals surface area contributed by atoms with Crippen LogP contribution in [0.4, 0.5) is 13.2 Å². The lowest BCUT2D eigenvalue weighted by Crippen LogP contribution is -2.48. The van der Waals surface area contributed by atoms with E-state index >= 15 is 0 Å². The molecule has 0 fully saturated rings. The monoisotopic (exact) mass is 213 g/mol. The van der Waals surface area contributed by atoms with Crippen LogP contribution in [0.2, 0.25) is 11.6 Å². The highest BCUT2D eigenvalue weighted by atomic mass is 28.3. The van der Waals surface area contributed by atoms with Crippen LogP contribution in [-0.4, -0.2) is 21.0 Å². The van der Waals surface area contributed by atoms with Gasteiger partial charge >= 0.3 is 12.1 Å². The highest BCUT2D eigenvalue weighted by Gasteiger charge is 2.40. The molecule has 13 heavy (non-hydrogen) atoms. The molecule has 0 aliphatic carbocycles. The van der Waals surface area contributed by atoms with Gasteiger partial charge in [-0.15, -0.1) is 0 Å². The number of hydrogen-bond donors (Lipinski definition) is 1. The van der Waals surface area contributed by atoms with Crippen LogP contribution in [-0.2, 0) is 4.79 Å². The minimum atomic E-state index is -4.76. The summed E-state index contributed by atoms with van der Waals surface area (Å²) < 4.78 is 35.4. The molecule has 0 bridgehead atoms. The molecular formula is C7H14F3NOSi. The van der Waals surface area contributed by atoms with E-state index in [0.29, 0.717) is 0 Å². The van der Waals surface area contributed by atoms with Crippen molar-refractivity contribution in [3.63, 3.8) is 0 Å². The van der Waals surface area contributed by atoms with E-state index in [-0.39, 0.29) is 5.04 Å². The normalized spacial score (nSPS) is 15.3. The molecule has 0 heterocycles. The number of hydrogen-bond acceptors (Lipinski definition) is 1. The van der Waals surface area contributed by atoms with Gasteiger partial charge in [-0.25, -0.2) is 0 Å². The molecule has 1 amide bonds. The zero-order valence-electron chi connectivity index (χ0n) is 8.12. The van der Waals surface area contributed by atoms with Crippen molar-refractivity contribution in [2.45, 2.75) is 38.5 Å². The quantitative estimate of drug-likeness (QED) is 0.661. The SMILES string of the molecule is C[SiH](NC(=O)C(F)(F)F)C(C)(C)C. The van der Waals surface area contributed by atoms with Gasteiger partial charge in [-0.2, -0.15) is 13.2 Å². The van der Waals surface area contributed by atoms with E-state index in [9.17, 15) is 18.0 Å². The predicted octanol–water partition coefficient (Wildman–Crippen LogP) is 1.82. The minimum absolute atomic E-state index is 0.235. The Bertz CT molecular complexity index is 197. The minimum Gasteiger partial charge on any atom is -0.377 e. The summed E-state index contributed by atoms with van der Waals surface area (Å²) >= 11 is 0. The highest BCUT2D eigenvalue weighted by molar-refractivity contribution is 6.60. The second-order valence-corrected chi connectivity index (χ2v) is 7.52. The average Bonchev–Trinajstić information content (AvgIpc) is 1.82. The van der Waals surface area contributed by atoms with Gasteiger partial charge in [0.15, 0.2) is 0 Å². The van der Waals surface area contributed by atoms with Crippen LogP contribution in [0.1, 0.15) is 20.8 Å². The highest BCUT2D eigenvalue weighted by Crippen LogP contribution is 2.25. The first-order valence-electron chi connectivity index (χ1n) is 3.93. The van der Waals surface area contributed by atoms with E-state index in [1.54, 1.807) is 6.55 Å². The van der Waals surface area contributed by atoms with Crippen LogP contribution in [0.15, 0.2) is 0 Å². The van der Waals surface area contributed by atoms with E-state index in [2.05, 4.69) is 0 Å². The Hall–Kier alpha value is -0.523. The molecule has 1 N–H and O–H groups in total. The first kappa shape index (κ1) is 12.5. The summed E-state index contributed by atoms with van der Waals surface area (Å²) in [6.45, 7) is 7.14. The predicted molar refractivity (Wildman–Crippen MR) is 46.9 cm³/mol.